The van der Waals surface area contributed by atoms with Crippen molar-refractivity contribution in [1.29, 1.82) is 0 Å². The normalized spacial score (nSPS) is 10.2. The molecule has 0 saturated heterocycles. The highest BCUT2D eigenvalue weighted by atomic mass is 32.1. The van der Waals surface area contributed by atoms with E-state index >= 15 is 0 Å². The number of carbonyl (C=O) groups is 1. The fraction of sp³-hybridized carbons (Fsp3) is 0.300. The number of nitrogens with zero attached hydrogens (tertiary/aromatic N) is 2. The highest BCUT2D eigenvalue weighted by Gasteiger charge is 2.11. The van der Waals surface area contributed by atoms with Gasteiger partial charge >= 0.3 is 0 Å². The van der Waals surface area contributed by atoms with E-state index in [1.54, 1.807) is 13.3 Å². The van der Waals surface area contributed by atoms with Crippen LogP contribution in [0.25, 0.3) is 0 Å². The molecular formula is C10H12N4O2S. The van der Waals surface area contributed by atoms with E-state index in [-0.39, 0.29) is 5.91 Å². The maximum atomic E-state index is 11.6. The van der Waals surface area contributed by atoms with Gasteiger partial charge in [0, 0.05) is 20.0 Å². The van der Waals surface area contributed by atoms with Gasteiger partial charge in [-0.1, -0.05) is 11.3 Å². The Morgan fingerprint density at radius 3 is 3.06 bits per heavy atom. The van der Waals surface area contributed by atoms with Crippen molar-refractivity contribution in [3.63, 3.8) is 0 Å². The highest BCUT2D eigenvalue weighted by molar-refractivity contribution is 7.17. The summed E-state index contributed by atoms with van der Waals surface area (Å²) in [5.74, 6) is 0.633. The maximum absolute atomic E-state index is 11.6. The van der Waals surface area contributed by atoms with Crippen molar-refractivity contribution in [2.45, 2.75) is 6.42 Å². The topological polar surface area (TPSA) is 80.0 Å². The molecule has 2 aromatic rings. The van der Waals surface area contributed by atoms with Gasteiger partial charge in [-0.05, 0) is 12.1 Å². The van der Waals surface area contributed by atoms with E-state index in [0.717, 1.165) is 5.76 Å². The minimum absolute atomic E-state index is 0.212. The third-order valence-electron chi connectivity index (χ3n) is 2.07. The lowest BCUT2D eigenvalue weighted by atomic mass is 10.3. The minimum atomic E-state index is -0.212. The predicted molar refractivity (Wildman–Crippen MR) is 64.2 cm³/mol. The minimum Gasteiger partial charge on any atom is -0.469 e. The van der Waals surface area contributed by atoms with Gasteiger partial charge in [-0.3, -0.25) is 4.79 Å². The van der Waals surface area contributed by atoms with Crippen molar-refractivity contribution in [3.05, 3.63) is 29.2 Å². The Morgan fingerprint density at radius 1 is 1.53 bits per heavy atom. The molecule has 0 aromatic carbocycles. The maximum Gasteiger partial charge on any atom is 0.282 e. The smallest absolute Gasteiger partial charge is 0.282 e. The molecule has 0 bridgehead atoms. The van der Waals surface area contributed by atoms with Crippen LogP contribution in [0.2, 0.25) is 0 Å². The molecule has 2 rings (SSSR count). The quantitative estimate of drug-likeness (QED) is 0.834. The van der Waals surface area contributed by atoms with E-state index in [1.165, 1.54) is 11.3 Å². The van der Waals surface area contributed by atoms with Crippen LogP contribution in [-0.4, -0.2) is 29.7 Å². The zero-order valence-corrected chi connectivity index (χ0v) is 10.1. The second-order valence-electron chi connectivity index (χ2n) is 3.25. The summed E-state index contributed by atoms with van der Waals surface area (Å²) in [6.45, 7) is 0.515. The molecule has 0 aliphatic heterocycles. The van der Waals surface area contributed by atoms with Crippen molar-refractivity contribution in [2.75, 3.05) is 18.9 Å². The summed E-state index contributed by atoms with van der Waals surface area (Å²) in [5, 5.41) is 14.1. The van der Waals surface area contributed by atoms with Gasteiger partial charge in [0.15, 0.2) is 0 Å². The molecule has 0 aliphatic carbocycles. The average Bonchev–Trinajstić information content (AvgIpc) is 2.99. The van der Waals surface area contributed by atoms with Crippen molar-refractivity contribution in [3.8, 4) is 0 Å². The number of rotatable bonds is 5. The van der Waals surface area contributed by atoms with Crippen molar-refractivity contribution >= 4 is 22.4 Å². The number of anilines is 1. The second-order valence-corrected chi connectivity index (χ2v) is 4.23. The van der Waals surface area contributed by atoms with Crippen LogP contribution in [0.15, 0.2) is 22.8 Å². The molecule has 7 heteroatoms. The summed E-state index contributed by atoms with van der Waals surface area (Å²) in [6.07, 6.45) is 2.28. The average molecular weight is 252 g/mol. The summed E-state index contributed by atoms with van der Waals surface area (Å²) in [4.78, 5) is 11.6. The Hall–Kier alpha value is -1.89. The van der Waals surface area contributed by atoms with Crippen LogP contribution >= 0.6 is 11.3 Å². The number of aromatic nitrogens is 2. The third-order valence-corrected chi connectivity index (χ3v) is 3.01. The molecule has 0 unspecified atom stereocenters. The Balaban J connectivity index is 1.81. The Bertz CT molecular complexity index is 480. The van der Waals surface area contributed by atoms with Crippen LogP contribution < -0.4 is 10.6 Å². The molecule has 0 radical (unpaired) electrons. The van der Waals surface area contributed by atoms with Crippen molar-refractivity contribution in [1.82, 2.24) is 15.5 Å². The van der Waals surface area contributed by atoms with E-state index in [4.69, 9.17) is 4.42 Å². The van der Waals surface area contributed by atoms with Crippen LogP contribution in [-0.2, 0) is 6.42 Å². The molecule has 0 aliphatic rings. The highest BCUT2D eigenvalue weighted by Crippen LogP contribution is 2.13. The molecule has 1 amide bonds. The molecule has 0 atom stereocenters. The van der Waals surface area contributed by atoms with Gasteiger partial charge in [0.05, 0.1) is 6.26 Å². The number of carbonyl (C=O) groups excluding carboxylic acids is 1. The van der Waals surface area contributed by atoms with E-state index in [1.807, 2.05) is 12.1 Å². The SMILES string of the molecule is CNc1nnc(C(=O)NCCc2ccco2)s1. The lowest BCUT2D eigenvalue weighted by Crippen LogP contribution is -2.25. The van der Waals surface area contributed by atoms with Crippen molar-refractivity contribution in [2.24, 2.45) is 0 Å². The molecule has 17 heavy (non-hydrogen) atoms. The van der Waals surface area contributed by atoms with Crippen LogP contribution in [0.4, 0.5) is 5.13 Å². The molecule has 6 nitrogen and oxygen atoms in total. The Labute approximate surface area is 102 Å². The Morgan fingerprint density at radius 2 is 2.41 bits per heavy atom. The van der Waals surface area contributed by atoms with Crippen molar-refractivity contribution < 1.29 is 9.21 Å². The zero-order chi connectivity index (χ0) is 12.1. The van der Waals surface area contributed by atoms with Crippen LogP contribution in [0, 0.1) is 0 Å². The van der Waals surface area contributed by atoms with Gasteiger partial charge in [0.2, 0.25) is 10.1 Å². The third kappa shape index (κ3) is 3.04. The fourth-order valence-electron chi connectivity index (χ4n) is 1.25. The summed E-state index contributed by atoms with van der Waals surface area (Å²) in [5.41, 5.74) is 0. The molecule has 2 aromatic heterocycles. The number of hydrogen-bond donors (Lipinski definition) is 2. The first-order valence-electron chi connectivity index (χ1n) is 5.11. The lowest BCUT2D eigenvalue weighted by molar-refractivity contribution is 0.0952. The van der Waals surface area contributed by atoms with Crippen LogP contribution in [0.5, 0.6) is 0 Å². The Kier molecular flexibility index (Phi) is 3.71. The first-order valence-corrected chi connectivity index (χ1v) is 5.93. The van der Waals surface area contributed by atoms with Gasteiger partial charge in [-0.15, -0.1) is 10.2 Å². The molecule has 0 saturated carbocycles. The summed E-state index contributed by atoms with van der Waals surface area (Å²) < 4.78 is 5.16. The molecule has 0 spiro atoms. The predicted octanol–water partition coefficient (Wildman–Crippen LogP) is 1.15. The number of nitrogens with one attached hydrogen (secondary N) is 2. The standard InChI is InChI=1S/C10H12N4O2S/c1-11-10-14-13-9(17-10)8(15)12-5-4-7-3-2-6-16-7/h2-3,6H,4-5H2,1H3,(H,11,14)(H,12,15). The summed E-state index contributed by atoms with van der Waals surface area (Å²) in [7, 11) is 1.74. The van der Waals surface area contributed by atoms with Gasteiger partial charge < -0.3 is 15.1 Å². The number of amides is 1. The van der Waals surface area contributed by atoms with Gasteiger partial charge in [-0.25, -0.2) is 0 Å². The first-order chi connectivity index (χ1) is 8.29. The number of furan rings is 1. The van der Waals surface area contributed by atoms with E-state index < -0.39 is 0 Å². The molecule has 2 heterocycles. The largest absolute Gasteiger partial charge is 0.469 e. The van der Waals surface area contributed by atoms with Gasteiger partial charge in [-0.2, -0.15) is 0 Å². The molecule has 90 valence electrons. The van der Waals surface area contributed by atoms with E-state index in [2.05, 4.69) is 20.8 Å². The first kappa shape index (κ1) is 11.6. The fourth-order valence-corrected chi connectivity index (χ4v) is 1.86. The summed E-state index contributed by atoms with van der Waals surface area (Å²) in [6, 6.07) is 3.69. The van der Waals surface area contributed by atoms with Gasteiger partial charge in [0.25, 0.3) is 5.91 Å². The lowest BCUT2D eigenvalue weighted by Gasteiger charge is -1.99. The summed E-state index contributed by atoms with van der Waals surface area (Å²) >= 11 is 1.22. The second kappa shape index (κ2) is 5.44. The van der Waals surface area contributed by atoms with Crippen LogP contribution in [0.1, 0.15) is 15.6 Å². The van der Waals surface area contributed by atoms with Crippen LogP contribution in [0.3, 0.4) is 0 Å². The molecule has 0 fully saturated rings. The number of hydrogen-bond acceptors (Lipinski definition) is 6. The van der Waals surface area contributed by atoms with E-state index in [0.29, 0.717) is 23.1 Å². The van der Waals surface area contributed by atoms with E-state index in [9.17, 15) is 4.79 Å². The zero-order valence-electron chi connectivity index (χ0n) is 9.27. The molecule has 2 N–H and O–H groups in total. The monoisotopic (exact) mass is 252 g/mol. The van der Waals surface area contributed by atoms with Gasteiger partial charge in [0.1, 0.15) is 5.76 Å². The molecular weight excluding hydrogens is 240 g/mol.